The van der Waals surface area contributed by atoms with Gasteiger partial charge in [0.2, 0.25) is 5.95 Å². The first kappa shape index (κ1) is 11.2. The maximum Gasteiger partial charge on any atom is 0.245 e. The molecule has 0 amide bonds. The number of Topliss-reactive ketones (excluding diaryl/α,β-unsaturated/α-hetero) is 1. The number of rotatable bonds is 2. The minimum atomic E-state index is 0.0281. The summed E-state index contributed by atoms with van der Waals surface area (Å²) in [5.74, 6) is 0.722. The molecule has 3 heterocycles. The predicted molar refractivity (Wildman–Crippen MR) is 66.0 cm³/mol. The van der Waals surface area contributed by atoms with Gasteiger partial charge in [-0.3, -0.25) is 4.79 Å². The molecule has 1 fully saturated rings. The average Bonchev–Trinajstić information content (AvgIpc) is 2.82. The third-order valence-electron chi connectivity index (χ3n) is 3.02. The Morgan fingerprint density at radius 2 is 2.11 bits per heavy atom. The minimum Gasteiger partial charge on any atom is -0.378 e. The lowest BCUT2D eigenvalue weighted by atomic mass is 10.2. The summed E-state index contributed by atoms with van der Waals surface area (Å²) in [5, 5.41) is 4.40. The van der Waals surface area contributed by atoms with Crippen molar-refractivity contribution >= 4 is 17.4 Å². The molecule has 0 saturated carbocycles. The Bertz CT molecular complexity index is 587. The standard InChI is InChI=1S/C12H14N4O2/c1-9(17)10-2-3-11-13-12(14-16(11)8-10)15-4-6-18-7-5-15/h2-3,8H,4-7H2,1H3. The zero-order valence-electron chi connectivity index (χ0n) is 10.2. The minimum absolute atomic E-state index is 0.0281. The highest BCUT2D eigenvalue weighted by Crippen LogP contribution is 2.13. The number of fused-ring (bicyclic) bond motifs is 1. The van der Waals surface area contributed by atoms with Gasteiger partial charge in [-0.15, -0.1) is 5.10 Å². The molecule has 0 aromatic carbocycles. The van der Waals surface area contributed by atoms with Crippen LogP contribution in [0, 0.1) is 0 Å². The molecule has 2 aromatic heterocycles. The number of hydrogen-bond donors (Lipinski definition) is 0. The van der Waals surface area contributed by atoms with Crippen molar-refractivity contribution in [1.82, 2.24) is 14.6 Å². The highest BCUT2D eigenvalue weighted by molar-refractivity contribution is 5.93. The van der Waals surface area contributed by atoms with E-state index in [1.54, 1.807) is 23.7 Å². The average molecular weight is 246 g/mol. The summed E-state index contributed by atoms with van der Waals surface area (Å²) in [6.07, 6.45) is 1.72. The van der Waals surface area contributed by atoms with Crippen molar-refractivity contribution in [2.45, 2.75) is 6.92 Å². The van der Waals surface area contributed by atoms with E-state index in [2.05, 4.69) is 15.0 Å². The number of morpholine rings is 1. The fraction of sp³-hybridized carbons (Fsp3) is 0.417. The van der Waals surface area contributed by atoms with E-state index in [9.17, 15) is 4.79 Å². The normalized spacial score (nSPS) is 16.2. The number of ketones is 1. The van der Waals surface area contributed by atoms with Gasteiger partial charge in [-0.1, -0.05) is 0 Å². The maximum atomic E-state index is 11.3. The Balaban J connectivity index is 1.97. The molecule has 6 nitrogen and oxygen atoms in total. The summed E-state index contributed by atoms with van der Waals surface area (Å²) < 4.78 is 6.95. The Hall–Kier alpha value is -1.95. The van der Waals surface area contributed by atoms with Gasteiger partial charge in [0.05, 0.1) is 13.2 Å². The second-order valence-electron chi connectivity index (χ2n) is 4.29. The highest BCUT2D eigenvalue weighted by atomic mass is 16.5. The SMILES string of the molecule is CC(=O)c1ccc2nc(N3CCOCC3)nn2c1. The maximum absolute atomic E-state index is 11.3. The number of nitrogens with zero attached hydrogens (tertiary/aromatic N) is 4. The first-order valence-corrected chi connectivity index (χ1v) is 5.94. The molecule has 3 rings (SSSR count). The lowest BCUT2D eigenvalue weighted by molar-refractivity contribution is 0.101. The number of carbonyl (C=O) groups is 1. The first-order valence-electron chi connectivity index (χ1n) is 5.94. The van der Waals surface area contributed by atoms with E-state index in [-0.39, 0.29) is 5.78 Å². The molecule has 2 aromatic rings. The fourth-order valence-electron chi connectivity index (χ4n) is 1.98. The van der Waals surface area contributed by atoms with Crippen molar-refractivity contribution < 1.29 is 9.53 Å². The van der Waals surface area contributed by atoms with Gasteiger partial charge < -0.3 is 9.64 Å². The van der Waals surface area contributed by atoms with Gasteiger partial charge >= 0.3 is 0 Å². The second kappa shape index (κ2) is 4.38. The van der Waals surface area contributed by atoms with Crippen LogP contribution in [-0.2, 0) is 4.74 Å². The van der Waals surface area contributed by atoms with Crippen LogP contribution in [0.4, 0.5) is 5.95 Å². The van der Waals surface area contributed by atoms with Gasteiger partial charge in [-0.05, 0) is 19.1 Å². The lowest BCUT2D eigenvalue weighted by Gasteiger charge is -2.25. The van der Waals surface area contributed by atoms with E-state index in [4.69, 9.17) is 4.74 Å². The summed E-state index contributed by atoms with van der Waals surface area (Å²) in [7, 11) is 0. The van der Waals surface area contributed by atoms with E-state index in [0.29, 0.717) is 24.7 Å². The van der Waals surface area contributed by atoms with Crippen molar-refractivity contribution in [3.63, 3.8) is 0 Å². The zero-order valence-corrected chi connectivity index (χ0v) is 10.2. The van der Waals surface area contributed by atoms with E-state index >= 15 is 0 Å². The lowest BCUT2D eigenvalue weighted by Crippen LogP contribution is -2.36. The first-order chi connectivity index (χ1) is 8.74. The molecule has 1 saturated heterocycles. The Morgan fingerprint density at radius 1 is 1.33 bits per heavy atom. The van der Waals surface area contributed by atoms with Crippen LogP contribution in [0.3, 0.4) is 0 Å². The van der Waals surface area contributed by atoms with Crippen molar-refractivity contribution in [2.75, 3.05) is 31.2 Å². The molecule has 18 heavy (non-hydrogen) atoms. The van der Waals surface area contributed by atoms with E-state index in [1.165, 1.54) is 0 Å². The summed E-state index contributed by atoms with van der Waals surface area (Å²) in [6, 6.07) is 3.59. The van der Waals surface area contributed by atoms with Crippen LogP contribution >= 0.6 is 0 Å². The Kier molecular flexibility index (Phi) is 2.71. The molecule has 1 aliphatic heterocycles. The molecular formula is C12H14N4O2. The number of anilines is 1. The van der Waals surface area contributed by atoms with Crippen molar-refractivity contribution in [3.8, 4) is 0 Å². The Labute approximate surface area is 104 Å². The zero-order chi connectivity index (χ0) is 12.5. The van der Waals surface area contributed by atoms with Crippen molar-refractivity contribution in [2.24, 2.45) is 0 Å². The third kappa shape index (κ3) is 1.95. The van der Waals surface area contributed by atoms with Crippen LogP contribution in [0.15, 0.2) is 18.3 Å². The summed E-state index contributed by atoms with van der Waals surface area (Å²) in [6.45, 7) is 4.55. The molecule has 0 N–H and O–H groups in total. The molecule has 0 aliphatic carbocycles. The highest BCUT2D eigenvalue weighted by Gasteiger charge is 2.16. The topological polar surface area (TPSA) is 59.7 Å². The van der Waals surface area contributed by atoms with Gasteiger partial charge in [0.25, 0.3) is 0 Å². The van der Waals surface area contributed by atoms with Gasteiger partial charge in [0.15, 0.2) is 11.4 Å². The monoisotopic (exact) mass is 246 g/mol. The van der Waals surface area contributed by atoms with Gasteiger partial charge in [-0.25, -0.2) is 4.52 Å². The molecule has 94 valence electrons. The number of carbonyl (C=O) groups excluding carboxylic acids is 1. The van der Waals surface area contributed by atoms with Crippen LogP contribution < -0.4 is 4.90 Å². The number of ether oxygens (including phenoxy) is 1. The van der Waals surface area contributed by atoms with Gasteiger partial charge in [0.1, 0.15) is 0 Å². The van der Waals surface area contributed by atoms with Crippen LogP contribution in [-0.4, -0.2) is 46.7 Å². The smallest absolute Gasteiger partial charge is 0.245 e. The molecule has 0 radical (unpaired) electrons. The summed E-state index contributed by atoms with van der Waals surface area (Å²) in [4.78, 5) is 17.8. The largest absolute Gasteiger partial charge is 0.378 e. The predicted octanol–water partition coefficient (Wildman–Crippen LogP) is 0.769. The van der Waals surface area contributed by atoms with Crippen molar-refractivity contribution in [1.29, 1.82) is 0 Å². The molecule has 6 heteroatoms. The molecule has 0 unspecified atom stereocenters. The second-order valence-corrected chi connectivity index (χ2v) is 4.29. The quantitative estimate of drug-likeness (QED) is 0.732. The van der Waals surface area contributed by atoms with Gasteiger partial charge in [-0.2, -0.15) is 4.98 Å². The van der Waals surface area contributed by atoms with Crippen LogP contribution in [0.5, 0.6) is 0 Å². The van der Waals surface area contributed by atoms with E-state index in [1.807, 2.05) is 6.07 Å². The number of aromatic nitrogens is 3. The number of hydrogen-bond acceptors (Lipinski definition) is 5. The van der Waals surface area contributed by atoms with Crippen LogP contribution in [0.1, 0.15) is 17.3 Å². The van der Waals surface area contributed by atoms with Crippen LogP contribution in [0.2, 0.25) is 0 Å². The molecule has 1 aliphatic rings. The summed E-state index contributed by atoms with van der Waals surface area (Å²) >= 11 is 0. The Morgan fingerprint density at radius 3 is 2.83 bits per heavy atom. The van der Waals surface area contributed by atoms with E-state index in [0.717, 1.165) is 18.7 Å². The number of pyridine rings is 1. The van der Waals surface area contributed by atoms with Crippen molar-refractivity contribution in [3.05, 3.63) is 23.9 Å². The molecule has 0 bridgehead atoms. The third-order valence-corrected chi connectivity index (χ3v) is 3.02. The molecular weight excluding hydrogens is 232 g/mol. The van der Waals surface area contributed by atoms with Crippen LogP contribution in [0.25, 0.3) is 5.65 Å². The fourth-order valence-corrected chi connectivity index (χ4v) is 1.98. The summed E-state index contributed by atoms with van der Waals surface area (Å²) in [5.41, 5.74) is 1.39. The van der Waals surface area contributed by atoms with Gasteiger partial charge in [0, 0.05) is 24.8 Å². The molecule has 0 spiro atoms. The van der Waals surface area contributed by atoms with E-state index < -0.39 is 0 Å². The molecule has 0 atom stereocenters.